The summed E-state index contributed by atoms with van der Waals surface area (Å²) in [7, 11) is -3.98. The zero-order valence-electron chi connectivity index (χ0n) is 17.5. The maximum absolute atomic E-state index is 13.4. The fraction of sp³-hybridized carbons (Fsp3) is 0.100. The van der Waals surface area contributed by atoms with Gasteiger partial charge in [-0.15, -0.1) is 23.1 Å². The minimum absolute atomic E-state index is 0.0369. The average molecular weight is 505 g/mol. The summed E-state index contributed by atoms with van der Waals surface area (Å²) in [5.74, 6) is -0.465. The standard InChI is InChI=1S/C20H20N6O4S3/c1-10-6-12(25-20(23)24)8-14(26(27)28)17(10)11-4-3-5-13(7-11)33(29,30)16-9-15(18(21)22)32-19(16)31-2/h3-9H,1-2H3,(H3,21,22)(H4,23,24,25). The van der Waals surface area contributed by atoms with E-state index in [1.807, 2.05) is 0 Å². The zero-order chi connectivity index (χ0) is 24.5. The molecule has 0 bridgehead atoms. The van der Waals surface area contributed by atoms with E-state index in [9.17, 15) is 18.5 Å². The molecule has 1 heterocycles. The predicted octanol–water partition coefficient (Wildman–Crippen LogP) is 3.38. The maximum atomic E-state index is 13.4. The van der Waals surface area contributed by atoms with Crippen LogP contribution >= 0.6 is 23.1 Å². The Kier molecular flexibility index (Phi) is 6.76. The van der Waals surface area contributed by atoms with Crippen LogP contribution in [0.5, 0.6) is 0 Å². The van der Waals surface area contributed by atoms with E-state index in [0.29, 0.717) is 20.2 Å². The number of benzene rings is 2. The van der Waals surface area contributed by atoms with Crippen molar-refractivity contribution in [3.63, 3.8) is 0 Å². The van der Waals surface area contributed by atoms with Crippen LogP contribution in [-0.4, -0.2) is 31.4 Å². The molecule has 0 amide bonds. The monoisotopic (exact) mass is 504 g/mol. The number of aryl methyl sites for hydroxylation is 1. The first-order valence-corrected chi connectivity index (χ1v) is 12.7. The fourth-order valence-corrected chi connectivity index (χ4v) is 7.15. The second-order valence-corrected chi connectivity index (χ2v) is 10.9. The molecule has 0 spiro atoms. The van der Waals surface area contributed by atoms with Crippen molar-refractivity contribution in [2.45, 2.75) is 20.9 Å². The summed E-state index contributed by atoms with van der Waals surface area (Å²) in [6.45, 7) is 1.65. The van der Waals surface area contributed by atoms with E-state index in [0.717, 1.165) is 11.3 Å². The van der Waals surface area contributed by atoms with Crippen LogP contribution in [0.15, 0.2) is 61.5 Å². The number of hydrogen-bond donors (Lipinski definition) is 4. The number of rotatable bonds is 7. The van der Waals surface area contributed by atoms with Gasteiger partial charge in [-0.05, 0) is 48.6 Å². The van der Waals surface area contributed by atoms with Gasteiger partial charge in [0, 0.05) is 6.07 Å². The quantitative estimate of drug-likeness (QED) is 0.124. The highest BCUT2D eigenvalue weighted by atomic mass is 32.2. The summed E-state index contributed by atoms with van der Waals surface area (Å²) >= 11 is 2.35. The van der Waals surface area contributed by atoms with Crippen molar-refractivity contribution < 1.29 is 13.3 Å². The Hall–Kier alpha value is -3.42. The molecule has 0 saturated carbocycles. The normalized spacial score (nSPS) is 11.2. The van der Waals surface area contributed by atoms with E-state index in [-0.39, 0.29) is 38.5 Å². The molecule has 10 nitrogen and oxygen atoms in total. The van der Waals surface area contributed by atoms with Crippen molar-refractivity contribution in [3.8, 4) is 11.1 Å². The molecule has 0 saturated heterocycles. The summed E-state index contributed by atoms with van der Waals surface area (Å²) in [5.41, 5.74) is 17.4. The van der Waals surface area contributed by atoms with E-state index in [2.05, 4.69) is 4.99 Å². The van der Waals surface area contributed by atoms with Crippen molar-refractivity contribution in [2.75, 3.05) is 6.26 Å². The predicted molar refractivity (Wildman–Crippen MR) is 131 cm³/mol. The van der Waals surface area contributed by atoms with Gasteiger partial charge in [-0.1, -0.05) is 12.1 Å². The van der Waals surface area contributed by atoms with E-state index in [1.54, 1.807) is 25.3 Å². The number of hydrogen-bond acceptors (Lipinski definition) is 8. The summed E-state index contributed by atoms with van der Waals surface area (Å²) in [6, 6.07) is 10.1. The lowest BCUT2D eigenvalue weighted by molar-refractivity contribution is -0.384. The topological polar surface area (TPSA) is 192 Å². The van der Waals surface area contributed by atoms with Gasteiger partial charge in [0.25, 0.3) is 5.69 Å². The number of nitro groups is 1. The molecule has 0 fully saturated rings. The smallest absolute Gasteiger partial charge is 0.279 e. The summed E-state index contributed by atoms with van der Waals surface area (Å²) < 4.78 is 27.3. The van der Waals surface area contributed by atoms with Gasteiger partial charge < -0.3 is 17.2 Å². The highest BCUT2D eigenvalue weighted by Crippen LogP contribution is 2.40. The largest absolute Gasteiger partial charge is 0.383 e. The Morgan fingerprint density at radius 3 is 2.45 bits per heavy atom. The van der Waals surface area contributed by atoms with Crippen LogP contribution in [0.1, 0.15) is 10.4 Å². The van der Waals surface area contributed by atoms with Crippen molar-refractivity contribution >= 4 is 56.1 Å². The first kappa shape index (κ1) is 24.2. The van der Waals surface area contributed by atoms with Crippen LogP contribution in [0.3, 0.4) is 0 Å². The van der Waals surface area contributed by atoms with Crippen molar-refractivity contribution in [1.82, 2.24) is 0 Å². The summed E-state index contributed by atoms with van der Waals surface area (Å²) in [4.78, 5) is 15.4. The molecule has 172 valence electrons. The fourth-order valence-electron chi connectivity index (χ4n) is 3.25. The molecule has 3 rings (SSSR count). The van der Waals surface area contributed by atoms with Crippen LogP contribution in [0.4, 0.5) is 11.4 Å². The van der Waals surface area contributed by atoms with Crippen LogP contribution in [-0.2, 0) is 9.84 Å². The molecule has 3 aromatic rings. The minimum Gasteiger partial charge on any atom is -0.383 e. The molecule has 33 heavy (non-hydrogen) atoms. The molecule has 0 aliphatic rings. The number of nitro benzene ring substituents is 1. The Labute approximate surface area is 198 Å². The van der Waals surface area contributed by atoms with E-state index in [1.165, 1.54) is 42.1 Å². The third-order valence-corrected chi connectivity index (χ3v) is 8.93. The third kappa shape index (κ3) is 4.84. The number of nitrogens with two attached hydrogens (primary N) is 3. The lowest BCUT2D eigenvalue weighted by Gasteiger charge is -2.11. The van der Waals surface area contributed by atoms with E-state index in [4.69, 9.17) is 22.6 Å². The van der Waals surface area contributed by atoms with Gasteiger partial charge >= 0.3 is 0 Å². The molecular formula is C20H20N6O4S3. The molecule has 0 aliphatic heterocycles. The van der Waals surface area contributed by atoms with Crippen molar-refractivity contribution in [2.24, 2.45) is 22.2 Å². The summed E-state index contributed by atoms with van der Waals surface area (Å²) in [5, 5.41) is 19.4. The number of aliphatic imine (C=N–C) groups is 1. The second-order valence-electron chi connectivity index (χ2n) is 6.86. The summed E-state index contributed by atoms with van der Waals surface area (Å²) in [6.07, 6.45) is 1.73. The van der Waals surface area contributed by atoms with E-state index >= 15 is 0 Å². The number of nitrogens with one attached hydrogen (secondary N) is 1. The van der Waals surface area contributed by atoms with Gasteiger partial charge in [0.2, 0.25) is 9.84 Å². The Morgan fingerprint density at radius 2 is 1.88 bits per heavy atom. The van der Waals surface area contributed by atoms with E-state index < -0.39 is 14.8 Å². The SMILES string of the molecule is CSc1sc(C(=N)N)cc1S(=O)(=O)c1cccc(-c2c(C)cc(N=C(N)N)cc2[N+](=O)[O-])c1. The molecule has 0 atom stereocenters. The Balaban J connectivity index is 2.20. The number of sulfone groups is 1. The number of guanidine groups is 1. The molecule has 0 radical (unpaired) electrons. The third-order valence-electron chi connectivity index (χ3n) is 4.59. The molecule has 13 heteroatoms. The number of thioether (sulfide) groups is 1. The molecule has 0 aliphatic carbocycles. The molecule has 0 unspecified atom stereocenters. The maximum Gasteiger partial charge on any atom is 0.279 e. The van der Waals surface area contributed by atoms with Crippen LogP contribution in [0, 0.1) is 22.4 Å². The lowest BCUT2D eigenvalue weighted by Crippen LogP contribution is -2.21. The number of nitrogens with zero attached hydrogens (tertiary/aromatic N) is 2. The van der Waals surface area contributed by atoms with Gasteiger partial charge in [0.05, 0.1) is 35.1 Å². The van der Waals surface area contributed by atoms with Gasteiger partial charge in [-0.25, -0.2) is 13.4 Å². The number of amidine groups is 1. The second kappa shape index (κ2) is 9.21. The first-order valence-electron chi connectivity index (χ1n) is 9.22. The number of thiophene rings is 1. The van der Waals surface area contributed by atoms with Crippen LogP contribution in [0.2, 0.25) is 0 Å². The average Bonchev–Trinajstić information content (AvgIpc) is 3.18. The molecule has 2 aromatic carbocycles. The van der Waals surface area contributed by atoms with Gasteiger partial charge in [-0.2, -0.15) is 0 Å². The lowest BCUT2D eigenvalue weighted by atomic mass is 9.98. The van der Waals surface area contributed by atoms with Gasteiger partial charge in [0.15, 0.2) is 5.96 Å². The van der Waals surface area contributed by atoms with Crippen LogP contribution < -0.4 is 17.2 Å². The van der Waals surface area contributed by atoms with Gasteiger partial charge in [0.1, 0.15) is 5.84 Å². The van der Waals surface area contributed by atoms with Crippen LogP contribution in [0.25, 0.3) is 11.1 Å². The first-order chi connectivity index (χ1) is 15.4. The highest BCUT2D eigenvalue weighted by molar-refractivity contribution is 8.01. The Bertz CT molecular complexity index is 1410. The van der Waals surface area contributed by atoms with Crippen molar-refractivity contribution in [3.05, 3.63) is 63.0 Å². The highest BCUT2D eigenvalue weighted by Gasteiger charge is 2.27. The Morgan fingerprint density at radius 1 is 1.18 bits per heavy atom. The zero-order valence-corrected chi connectivity index (χ0v) is 20.0. The minimum atomic E-state index is -3.98. The van der Waals surface area contributed by atoms with Crippen molar-refractivity contribution in [1.29, 1.82) is 5.41 Å². The molecule has 1 aromatic heterocycles. The molecule has 7 N–H and O–H groups in total. The number of nitrogen functional groups attached to an aromatic ring is 1. The van der Waals surface area contributed by atoms with Gasteiger partial charge in [-0.3, -0.25) is 15.5 Å². The molecular weight excluding hydrogens is 484 g/mol.